The number of hydrogen-bond acceptors (Lipinski definition) is 2. The van der Waals surface area contributed by atoms with Crippen molar-refractivity contribution < 1.29 is 4.74 Å². The fourth-order valence-electron chi connectivity index (χ4n) is 2.94. The summed E-state index contributed by atoms with van der Waals surface area (Å²) in [5.41, 5.74) is 5.51. The Morgan fingerprint density at radius 2 is 1.50 bits per heavy atom. The highest BCUT2D eigenvalue weighted by Gasteiger charge is 1.99. The van der Waals surface area contributed by atoms with Gasteiger partial charge in [-0.15, -0.1) is 0 Å². The molecular weight excluding hydrogens is 318 g/mol. The summed E-state index contributed by atoms with van der Waals surface area (Å²) in [6.45, 7) is 0. The van der Waals surface area contributed by atoms with Crippen LogP contribution in [0, 0.1) is 0 Å². The molecule has 4 rings (SSSR count). The number of hydrogen-bond donors (Lipinski definition) is 0. The van der Waals surface area contributed by atoms with Gasteiger partial charge in [0, 0.05) is 5.39 Å². The summed E-state index contributed by atoms with van der Waals surface area (Å²) >= 11 is 0. The number of ether oxygens (including phenoxy) is 1. The molecule has 1 heterocycles. The average Bonchev–Trinajstić information content (AvgIpc) is 2.72. The van der Waals surface area contributed by atoms with Crippen molar-refractivity contribution in [3.63, 3.8) is 0 Å². The van der Waals surface area contributed by atoms with Gasteiger partial charge in [-0.2, -0.15) is 0 Å². The van der Waals surface area contributed by atoms with Gasteiger partial charge in [0.25, 0.3) is 0 Å². The highest BCUT2D eigenvalue weighted by atomic mass is 16.5. The van der Waals surface area contributed by atoms with E-state index in [2.05, 4.69) is 65.7 Å². The zero-order valence-electron chi connectivity index (χ0n) is 14.6. The molecule has 0 aliphatic rings. The van der Waals surface area contributed by atoms with Crippen LogP contribution in [0.4, 0.5) is 0 Å². The van der Waals surface area contributed by atoms with Crippen molar-refractivity contribution in [3.8, 4) is 16.9 Å². The Kier molecular flexibility index (Phi) is 4.48. The van der Waals surface area contributed by atoms with Gasteiger partial charge in [-0.25, -0.2) is 4.98 Å². The van der Waals surface area contributed by atoms with Gasteiger partial charge in [-0.1, -0.05) is 66.7 Å². The molecule has 0 saturated heterocycles. The van der Waals surface area contributed by atoms with Crippen LogP contribution < -0.4 is 4.74 Å². The molecular formula is C24H19NO. The number of nitrogens with zero attached hydrogens (tertiary/aromatic N) is 1. The monoisotopic (exact) mass is 337 g/mol. The zero-order valence-corrected chi connectivity index (χ0v) is 14.6. The fourth-order valence-corrected chi connectivity index (χ4v) is 2.94. The minimum atomic E-state index is 0.848. The number of methoxy groups -OCH3 is 1. The fraction of sp³-hybridized carbons (Fsp3) is 0.0417. The molecule has 26 heavy (non-hydrogen) atoms. The van der Waals surface area contributed by atoms with Crippen LogP contribution in [0.25, 0.3) is 34.2 Å². The van der Waals surface area contributed by atoms with Crippen LogP contribution in [-0.2, 0) is 0 Å². The van der Waals surface area contributed by atoms with E-state index in [4.69, 9.17) is 4.74 Å². The lowest BCUT2D eigenvalue weighted by molar-refractivity contribution is 0.415. The Hall–Kier alpha value is -3.39. The van der Waals surface area contributed by atoms with E-state index in [0.29, 0.717) is 0 Å². The van der Waals surface area contributed by atoms with E-state index in [9.17, 15) is 0 Å². The van der Waals surface area contributed by atoms with Crippen molar-refractivity contribution in [1.82, 2.24) is 4.98 Å². The second-order valence-electron chi connectivity index (χ2n) is 6.12. The molecule has 1 aromatic heterocycles. The molecule has 0 aliphatic heterocycles. The van der Waals surface area contributed by atoms with Gasteiger partial charge in [-0.05, 0) is 47.0 Å². The smallest absolute Gasteiger partial charge is 0.119 e. The maximum atomic E-state index is 5.26. The van der Waals surface area contributed by atoms with E-state index in [1.807, 2.05) is 36.4 Å². The molecule has 0 amide bonds. The lowest BCUT2D eigenvalue weighted by Crippen LogP contribution is -1.86. The SMILES string of the molecule is COc1ccc2nc(/C=C/c3ccc(-c4ccccc4)cc3)ccc2c1. The van der Waals surface area contributed by atoms with Gasteiger partial charge in [0.1, 0.15) is 5.75 Å². The van der Waals surface area contributed by atoms with Crippen LogP contribution in [0.1, 0.15) is 11.3 Å². The number of rotatable bonds is 4. The van der Waals surface area contributed by atoms with E-state index in [0.717, 1.165) is 27.9 Å². The van der Waals surface area contributed by atoms with Crippen molar-refractivity contribution in [3.05, 3.63) is 96.2 Å². The third-order valence-electron chi connectivity index (χ3n) is 4.38. The van der Waals surface area contributed by atoms with E-state index in [-0.39, 0.29) is 0 Å². The van der Waals surface area contributed by atoms with E-state index in [1.54, 1.807) is 7.11 Å². The zero-order chi connectivity index (χ0) is 17.8. The van der Waals surface area contributed by atoms with E-state index >= 15 is 0 Å². The molecule has 0 bridgehead atoms. The third-order valence-corrected chi connectivity index (χ3v) is 4.38. The summed E-state index contributed by atoms with van der Waals surface area (Å²) in [5, 5.41) is 1.08. The van der Waals surface area contributed by atoms with E-state index in [1.165, 1.54) is 11.1 Å². The average molecular weight is 337 g/mol. The molecule has 0 fully saturated rings. The Morgan fingerprint density at radius 1 is 0.731 bits per heavy atom. The molecule has 0 aliphatic carbocycles. The van der Waals surface area contributed by atoms with Gasteiger partial charge in [-0.3, -0.25) is 0 Å². The number of benzene rings is 3. The number of aromatic nitrogens is 1. The van der Waals surface area contributed by atoms with Crippen LogP contribution in [0.5, 0.6) is 5.75 Å². The van der Waals surface area contributed by atoms with Gasteiger partial charge in [0.15, 0.2) is 0 Å². The minimum Gasteiger partial charge on any atom is -0.497 e. The van der Waals surface area contributed by atoms with Gasteiger partial charge in [0.2, 0.25) is 0 Å². The van der Waals surface area contributed by atoms with Crippen molar-refractivity contribution >= 4 is 23.1 Å². The van der Waals surface area contributed by atoms with Crippen molar-refractivity contribution in [2.45, 2.75) is 0 Å². The molecule has 3 aromatic carbocycles. The molecule has 0 atom stereocenters. The lowest BCUT2D eigenvalue weighted by Gasteiger charge is -2.03. The summed E-state index contributed by atoms with van der Waals surface area (Å²) in [5.74, 6) is 0.848. The van der Waals surface area contributed by atoms with Crippen LogP contribution in [-0.4, -0.2) is 12.1 Å². The first kappa shape index (κ1) is 16.1. The van der Waals surface area contributed by atoms with E-state index < -0.39 is 0 Å². The normalized spacial score (nSPS) is 11.1. The first-order valence-corrected chi connectivity index (χ1v) is 8.60. The number of fused-ring (bicyclic) bond motifs is 1. The lowest BCUT2D eigenvalue weighted by atomic mass is 10.0. The number of pyridine rings is 1. The molecule has 0 N–H and O–H groups in total. The maximum Gasteiger partial charge on any atom is 0.119 e. The molecule has 2 nitrogen and oxygen atoms in total. The Labute approximate surface area is 153 Å². The standard InChI is InChI=1S/C24H19NO/c1-26-23-15-16-24-21(17-23)12-14-22(25-24)13-9-18-7-10-20(11-8-18)19-5-3-2-4-6-19/h2-17H,1H3/b13-9+. The van der Waals surface area contributed by atoms with Crippen molar-refractivity contribution in [2.75, 3.05) is 7.11 Å². The Bertz CT molecular complexity index is 1050. The summed E-state index contributed by atoms with van der Waals surface area (Å²) < 4.78 is 5.26. The third kappa shape index (κ3) is 3.50. The summed E-state index contributed by atoms with van der Waals surface area (Å²) in [4.78, 5) is 4.69. The van der Waals surface area contributed by atoms with Crippen molar-refractivity contribution in [1.29, 1.82) is 0 Å². The topological polar surface area (TPSA) is 22.1 Å². The summed E-state index contributed by atoms with van der Waals surface area (Å²) in [6, 6.07) is 29.0. The highest BCUT2D eigenvalue weighted by molar-refractivity contribution is 5.82. The quantitative estimate of drug-likeness (QED) is 0.450. The molecule has 4 aromatic rings. The van der Waals surface area contributed by atoms with Gasteiger partial charge in [0.05, 0.1) is 18.3 Å². The summed E-state index contributed by atoms with van der Waals surface area (Å²) in [7, 11) is 1.68. The first-order valence-electron chi connectivity index (χ1n) is 8.60. The van der Waals surface area contributed by atoms with Crippen LogP contribution >= 0.6 is 0 Å². The second-order valence-corrected chi connectivity index (χ2v) is 6.12. The predicted octanol–water partition coefficient (Wildman–Crippen LogP) is 6.08. The molecule has 2 heteroatoms. The van der Waals surface area contributed by atoms with Gasteiger partial charge >= 0.3 is 0 Å². The molecule has 0 unspecified atom stereocenters. The Morgan fingerprint density at radius 3 is 2.27 bits per heavy atom. The van der Waals surface area contributed by atoms with Gasteiger partial charge < -0.3 is 4.74 Å². The molecule has 0 spiro atoms. The minimum absolute atomic E-state index is 0.848. The Balaban J connectivity index is 1.55. The first-order chi connectivity index (χ1) is 12.8. The largest absolute Gasteiger partial charge is 0.497 e. The predicted molar refractivity (Wildman–Crippen MR) is 109 cm³/mol. The van der Waals surface area contributed by atoms with Crippen LogP contribution in [0.2, 0.25) is 0 Å². The van der Waals surface area contributed by atoms with Crippen LogP contribution in [0.3, 0.4) is 0 Å². The summed E-state index contributed by atoms with van der Waals surface area (Å²) in [6.07, 6.45) is 4.13. The highest BCUT2D eigenvalue weighted by Crippen LogP contribution is 2.22. The molecule has 0 saturated carbocycles. The molecule has 0 radical (unpaired) electrons. The second kappa shape index (κ2) is 7.24. The van der Waals surface area contributed by atoms with Crippen molar-refractivity contribution in [2.24, 2.45) is 0 Å². The maximum absolute atomic E-state index is 5.26. The molecule has 126 valence electrons. The van der Waals surface area contributed by atoms with Crippen LogP contribution in [0.15, 0.2) is 84.9 Å².